The van der Waals surface area contributed by atoms with Gasteiger partial charge in [-0.1, -0.05) is 13.0 Å². The molecule has 84 valence electrons. The molecule has 2 atom stereocenters. The maximum absolute atomic E-state index is 10.3. The lowest BCUT2D eigenvalue weighted by Crippen LogP contribution is -2.09. The van der Waals surface area contributed by atoms with Crippen LogP contribution in [0.2, 0.25) is 0 Å². The predicted octanol–water partition coefficient (Wildman–Crippen LogP) is 3.29. The molecular formula is C13H15NOS. The van der Waals surface area contributed by atoms with E-state index >= 15 is 0 Å². The highest BCUT2D eigenvalue weighted by Crippen LogP contribution is 2.32. The Morgan fingerprint density at radius 3 is 2.69 bits per heavy atom. The Morgan fingerprint density at radius 2 is 2.12 bits per heavy atom. The quantitative estimate of drug-likeness (QED) is 0.882. The zero-order valence-electron chi connectivity index (χ0n) is 9.42. The molecule has 0 amide bonds. The SMILES string of the molecule is Cc1cscc1C(O)C(C)c1ccccn1. The highest BCUT2D eigenvalue weighted by atomic mass is 32.1. The first-order valence-corrected chi connectivity index (χ1v) is 6.26. The number of pyridine rings is 1. The number of hydrogen-bond acceptors (Lipinski definition) is 3. The number of aryl methyl sites for hydroxylation is 1. The molecule has 0 aliphatic carbocycles. The lowest BCUT2D eigenvalue weighted by atomic mass is 9.94. The van der Waals surface area contributed by atoms with Gasteiger partial charge in [0.1, 0.15) is 0 Å². The second-order valence-electron chi connectivity index (χ2n) is 4.00. The van der Waals surface area contributed by atoms with E-state index in [9.17, 15) is 5.11 Å². The number of nitrogens with zero attached hydrogens (tertiary/aromatic N) is 1. The molecule has 0 radical (unpaired) electrons. The van der Waals surface area contributed by atoms with Gasteiger partial charge in [0.15, 0.2) is 0 Å². The zero-order valence-corrected chi connectivity index (χ0v) is 10.2. The molecule has 2 aromatic heterocycles. The third kappa shape index (κ3) is 2.15. The molecule has 0 bridgehead atoms. The van der Waals surface area contributed by atoms with Crippen molar-refractivity contribution in [1.29, 1.82) is 0 Å². The van der Waals surface area contributed by atoms with Crippen molar-refractivity contribution in [3.63, 3.8) is 0 Å². The summed E-state index contributed by atoms with van der Waals surface area (Å²) < 4.78 is 0. The molecule has 1 N–H and O–H groups in total. The Balaban J connectivity index is 2.23. The van der Waals surface area contributed by atoms with Gasteiger partial charge in [-0.15, -0.1) is 0 Å². The largest absolute Gasteiger partial charge is 0.388 e. The van der Waals surface area contributed by atoms with Gasteiger partial charge in [0.25, 0.3) is 0 Å². The van der Waals surface area contributed by atoms with Gasteiger partial charge in [0, 0.05) is 17.8 Å². The molecule has 0 aliphatic heterocycles. The van der Waals surface area contributed by atoms with Gasteiger partial charge in [-0.25, -0.2) is 0 Å². The molecule has 0 fully saturated rings. The van der Waals surface area contributed by atoms with E-state index in [0.29, 0.717) is 0 Å². The summed E-state index contributed by atoms with van der Waals surface area (Å²) in [5, 5.41) is 14.4. The standard InChI is InChI=1S/C13H15NOS/c1-9-7-16-8-11(9)13(15)10(2)12-5-3-4-6-14-12/h3-8,10,13,15H,1-2H3. The van der Waals surface area contributed by atoms with E-state index in [1.54, 1.807) is 17.5 Å². The van der Waals surface area contributed by atoms with Crippen LogP contribution in [0.5, 0.6) is 0 Å². The normalized spacial score (nSPS) is 14.7. The monoisotopic (exact) mass is 233 g/mol. The third-order valence-corrected chi connectivity index (χ3v) is 3.72. The minimum absolute atomic E-state index is 0.0227. The van der Waals surface area contributed by atoms with Crippen LogP contribution >= 0.6 is 11.3 Å². The Morgan fingerprint density at radius 1 is 1.31 bits per heavy atom. The number of hydrogen-bond donors (Lipinski definition) is 1. The van der Waals surface area contributed by atoms with Crippen LogP contribution in [-0.4, -0.2) is 10.1 Å². The second kappa shape index (κ2) is 4.76. The van der Waals surface area contributed by atoms with Gasteiger partial charge >= 0.3 is 0 Å². The van der Waals surface area contributed by atoms with Crippen molar-refractivity contribution in [3.8, 4) is 0 Å². The van der Waals surface area contributed by atoms with Crippen molar-refractivity contribution in [3.05, 3.63) is 52.0 Å². The van der Waals surface area contributed by atoms with Crippen LogP contribution in [0.15, 0.2) is 35.2 Å². The number of aliphatic hydroxyl groups is 1. The molecule has 16 heavy (non-hydrogen) atoms. The van der Waals surface area contributed by atoms with Crippen LogP contribution in [0.4, 0.5) is 0 Å². The zero-order chi connectivity index (χ0) is 11.5. The van der Waals surface area contributed by atoms with Crippen LogP contribution in [0.25, 0.3) is 0 Å². The molecule has 2 aromatic rings. The van der Waals surface area contributed by atoms with E-state index < -0.39 is 6.10 Å². The van der Waals surface area contributed by atoms with Crippen LogP contribution in [0, 0.1) is 6.92 Å². The van der Waals surface area contributed by atoms with Gasteiger partial charge in [-0.2, -0.15) is 11.3 Å². The maximum Gasteiger partial charge on any atom is 0.0881 e. The van der Waals surface area contributed by atoms with Crippen molar-refractivity contribution < 1.29 is 5.11 Å². The number of rotatable bonds is 3. The molecule has 2 nitrogen and oxygen atoms in total. The van der Waals surface area contributed by atoms with E-state index in [-0.39, 0.29) is 5.92 Å². The first-order chi connectivity index (χ1) is 7.70. The fraction of sp³-hybridized carbons (Fsp3) is 0.308. The Hall–Kier alpha value is -1.19. The molecule has 0 saturated heterocycles. The number of aliphatic hydroxyl groups excluding tert-OH is 1. The van der Waals surface area contributed by atoms with Gasteiger partial charge in [-0.3, -0.25) is 4.98 Å². The third-order valence-electron chi connectivity index (χ3n) is 2.84. The molecule has 0 spiro atoms. The number of aromatic nitrogens is 1. The van der Waals surface area contributed by atoms with Crippen LogP contribution in [-0.2, 0) is 0 Å². The van der Waals surface area contributed by atoms with E-state index in [2.05, 4.69) is 10.4 Å². The molecule has 2 unspecified atom stereocenters. The minimum atomic E-state index is -0.471. The fourth-order valence-electron chi connectivity index (χ4n) is 1.75. The van der Waals surface area contributed by atoms with E-state index in [4.69, 9.17) is 0 Å². The average molecular weight is 233 g/mol. The van der Waals surface area contributed by atoms with Crippen molar-refractivity contribution in [2.24, 2.45) is 0 Å². The predicted molar refractivity (Wildman–Crippen MR) is 66.7 cm³/mol. The lowest BCUT2D eigenvalue weighted by Gasteiger charge is -2.18. The molecule has 0 aromatic carbocycles. The summed E-state index contributed by atoms with van der Waals surface area (Å²) in [5.74, 6) is 0.0227. The van der Waals surface area contributed by atoms with E-state index in [1.165, 1.54) is 0 Å². The van der Waals surface area contributed by atoms with Gasteiger partial charge in [0.2, 0.25) is 0 Å². The summed E-state index contributed by atoms with van der Waals surface area (Å²) in [6.07, 6.45) is 1.29. The molecule has 2 rings (SSSR count). The second-order valence-corrected chi connectivity index (χ2v) is 4.74. The first-order valence-electron chi connectivity index (χ1n) is 5.32. The van der Waals surface area contributed by atoms with Crippen LogP contribution in [0.1, 0.15) is 35.8 Å². The van der Waals surface area contributed by atoms with Gasteiger partial charge in [-0.05, 0) is 40.9 Å². The summed E-state index contributed by atoms with van der Waals surface area (Å²) >= 11 is 1.63. The molecule has 2 heterocycles. The molecular weight excluding hydrogens is 218 g/mol. The minimum Gasteiger partial charge on any atom is -0.388 e. The lowest BCUT2D eigenvalue weighted by molar-refractivity contribution is 0.150. The highest BCUT2D eigenvalue weighted by Gasteiger charge is 2.20. The highest BCUT2D eigenvalue weighted by molar-refractivity contribution is 7.08. The summed E-state index contributed by atoms with van der Waals surface area (Å²) in [7, 11) is 0. The van der Waals surface area contributed by atoms with Crippen molar-refractivity contribution in [1.82, 2.24) is 4.98 Å². The Labute approximate surface area is 99.6 Å². The average Bonchev–Trinajstić information content (AvgIpc) is 2.75. The summed E-state index contributed by atoms with van der Waals surface area (Å²) in [5.41, 5.74) is 3.10. The summed E-state index contributed by atoms with van der Waals surface area (Å²) in [6.45, 7) is 4.03. The van der Waals surface area contributed by atoms with Crippen molar-refractivity contribution in [2.45, 2.75) is 25.9 Å². The molecule has 0 aliphatic rings. The Kier molecular flexibility index (Phi) is 3.36. The van der Waals surface area contributed by atoms with Crippen LogP contribution in [0.3, 0.4) is 0 Å². The maximum atomic E-state index is 10.3. The molecule has 0 saturated carbocycles. The first kappa shape index (κ1) is 11.3. The van der Waals surface area contributed by atoms with Crippen LogP contribution < -0.4 is 0 Å². The van der Waals surface area contributed by atoms with Crippen molar-refractivity contribution >= 4 is 11.3 Å². The fourth-order valence-corrected chi connectivity index (χ4v) is 2.63. The smallest absolute Gasteiger partial charge is 0.0881 e. The van der Waals surface area contributed by atoms with E-state index in [0.717, 1.165) is 16.8 Å². The Bertz CT molecular complexity index is 452. The summed E-state index contributed by atoms with van der Waals surface area (Å²) in [4.78, 5) is 4.28. The van der Waals surface area contributed by atoms with E-state index in [1.807, 2.05) is 37.4 Å². The van der Waals surface area contributed by atoms with Gasteiger partial charge in [0.05, 0.1) is 6.10 Å². The topological polar surface area (TPSA) is 33.1 Å². The van der Waals surface area contributed by atoms with Gasteiger partial charge < -0.3 is 5.11 Å². The van der Waals surface area contributed by atoms with Crippen molar-refractivity contribution in [2.75, 3.05) is 0 Å². The molecule has 3 heteroatoms. The summed E-state index contributed by atoms with van der Waals surface area (Å²) in [6, 6.07) is 5.79. The number of thiophene rings is 1.